The van der Waals surface area contributed by atoms with Gasteiger partial charge in [0.25, 0.3) is 5.91 Å². The van der Waals surface area contributed by atoms with Gasteiger partial charge in [-0.3, -0.25) is 4.79 Å². The third-order valence-electron chi connectivity index (χ3n) is 3.58. The molecule has 0 fully saturated rings. The van der Waals surface area contributed by atoms with Gasteiger partial charge in [-0.15, -0.1) is 11.3 Å². The molecule has 3 rings (SSSR count). The van der Waals surface area contributed by atoms with Crippen molar-refractivity contribution in [2.24, 2.45) is 5.73 Å². The molecular weight excluding hydrogens is 334 g/mol. The number of primary amides is 1. The van der Waals surface area contributed by atoms with Crippen molar-refractivity contribution < 1.29 is 18.3 Å². The molecule has 3 aromatic rings. The lowest BCUT2D eigenvalue weighted by Gasteiger charge is -2.08. The Labute approximate surface area is 140 Å². The van der Waals surface area contributed by atoms with Gasteiger partial charge in [0.2, 0.25) is 0 Å². The van der Waals surface area contributed by atoms with Crippen molar-refractivity contribution in [3.63, 3.8) is 0 Å². The van der Waals surface area contributed by atoms with E-state index in [9.17, 15) is 13.6 Å². The summed E-state index contributed by atoms with van der Waals surface area (Å²) in [7, 11) is 0. The SMILES string of the molecule is CCc1cccc2sc(COc3ccc(F)c(C(N)=O)c3F)nc12. The Kier molecular flexibility index (Phi) is 4.44. The summed E-state index contributed by atoms with van der Waals surface area (Å²) in [4.78, 5) is 15.6. The summed E-state index contributed by atoms with van der Waals surface area (Å²) in [5, 5.41) is 0.662. The molecule has 4 nitrogen and oxygen atoms in total. The van der Waals surface area contributed by atoms with E-state index in [1.54, 1.807) is 0 Å². The lowest BCUT2D eigenvalue weighted by Crippen LogP contribution is -2.16. The Morgan fingerprint density at radius 3 is 2.79 bits per heavy atom. The van der Waals surface area contributed by atoms with Gasteiger partial charge >= 0.3 is 0 Å². The number of para-hydroxylation sites is 1. The summed E-state index contributed by atoms with van der Waals surface area (Å²) in [6.45, 7) is 2.06. The first-order valence-corrected chi connectivity index (χ1v) is 8.10. The average Bonchev–Trinajstić information content (AvgIpc) is 2.96. The molecule has 0 aliphatic heterocycles. The molecule has 0 aliphatic rings. The van der Waals surface area contributed by atoms with Crippen molar-refractivity contribution in [2.75, 3.05) is 0 Å². The predicted octanol–water partition coefficient (Wildman–Crippen LogP) is 3.81. The van der Waals surface area contributed by atoms with Crippen molar-refractivity contribution >= 4 is 27.5 Å². The number of nitrogens with two attached hydrogens (primary N) is 1. The molecule has 2 N–H and O–H groups in total. The summed E-state index contributed by atoms with van der Waals surface area (Å²) in [6.07, 6.45) is 0.857. The largest absolute Gasteiger partial charge is 0.483 e. The zero-order chi connectivity index (χ0) is 17.3. The molecule has 24 heavy (non-hydrogen) atoms. The number of aromatic nitrogens is 1. The van der Waals surface area contributed by atoms with E-state index in [1.165, 1.54) is 11.3 Å². The lowest BCUT2D eigenvalue weighted by molar-refractivity contribution is 0.0991. The third-order valence-corrected chi connectivity index (χ3v) is 4.58. The summed E-state index contributed by atoms with van der Waals surface area (Å²) in [6, 6.07) is 8.00. The fraction of sp³-hybridized carbons (Fsp3) is 0.176. The van der Waals surface area contributed by atoms with Gasteiger partial charge in [0.15, 0.2) is 11.6 Å². The first-order chi connectivity index (χ1) is 11.5. The van der Waals surface area contributed by atoms with Crippen LogP contribution < -0.4 is 10.5 Å². The number of benzene rings is 2. The number of aryl methyl sites for hydroxylation is 1. The Morgan fingerprint density at radius 1 is 1.29 bits per heavy atom. The highest BCUT2D eigenvalue weighted by atomic mass is 32.1. The van der Waals surface area contributed by atoms with Crippen LogP contribution in [0.15, 0.2) is 30.3 Å². The number of rotatable bonds is 5. The molecule has 0 unspecified atom stereocenters. The topological polar surface area (TPSA) is 65.2 Å². The van der Waals surface area contributed by atoms with Crippen LogP contribution in [0.3, 0.4) is 0 Å². The number of ether oxygens (including phenoxy) is 1. The lowest BCUT2D eigenvalue weighted by atomic mass is 10.1. The Hall–Kier alpha value is -2.54. The molecule has 2 aromatic carbocycles. The normalized spacial score (nSPS) is 11.0. The number of carbonyl (C=O) groups is 1. The monoisotopic (exact) mass is 348 g/mol. The first-order valence-electron chi connectivity index (χ1n) is 7.29. The highest BCUT2D eigenvalue weighted by Crippen LogP contribution is 2.28. The number of carbonyl (C=O) groups excluding carboxylic acids is 1. The minimum Gasteiger partial charge on any atom is -0.483 e. The van der Waals surface area contributed by atoms with E-state index < -0.39 is 23.1 Å². The number of nitrogens with zero attached hydrogens (tertiary/aromatic N) is 1. The number of thiazole rings is 1. The van der Waals surface area contributed by atoms with Gasteiger partial charge in [0.05, 0.1) is 10.2 Å². The molecule has 0 spiro atoms. The zero-order valence-electron chi connectivity index (χ0n) is 12.8. The second-order valence-corrected chi connectivity index (χ2v) is 6.23. The maximum absolute atomic E-state index is 14.1. The van der Waals surface area contributed by atoms with E-state index in [4.69, 9.17) is 10.5 Å². The van der Waals surface area contributed by atoms with Crippen molar-refractivity contribution in [2.45, 2.75) is 20.0 Å². The van der Waals surface area contributed by atoms with Gasteiger partial charge in [-0.25, -0.2) is 13.8 Å². The van der Waals surface area contributed by atoms with Crippen molar-refractivity contribution in [1.82, 2.24) is 4.98 Å². The van der Waals surface area contributed by atoms with E-state index in [0.717, 1.165) is 34.3 Å². The van der Waals surface area contributed by atoms with Gasteiger partial charge < -0.3 is 10.5 Å². The highest BCUT2D eigenvalue weighted by Gasteiger charge is 2.19. The van der Waals surface area contributed by atoms with E-state index >= 15 is 0 Å². The molecule has 0 saturated heterocycles. The molecule has 1 heterocycles. The number of fused-ring (bicyclic) bond motifs is 1. The summed E-state index contributed by atoms with van der Waals surface area (Å²) < 4.78 is 34.0. The fourth-order valence-corrected chi connectivity index (χ4v) is 3.34. The van der Waals surface area contributed by atoms with Crippen LogP contribution in [0.4, 0.5) is 8.78 Å². The van der Waals surface area contributed by atoms with Gasteiger partial charge in [-0.2, -0.15) is 0 Å². The van der Waals surface area contributed by atoms with Crippen LogP contribution in [-0.2, 0) is 13.0 Å². The summed E-state index contributed by atoms with van der Waals surface area (Å²) >= 11 is 1.44. The Bertz CT molecular complexity index is 924. The van der Waals surface area contributed by atoms with Crippen molar-refractivity contribution in [3.05, 3.63) is 58.1 Å². The number of amides is 1. The minimum atomic E-state index is -1.18. The third kappa shape index (κ3) is 2.94. The van der Waals surface area contributed by atoms with Crippen LogP contribution >= 0.6 is 11.3 Å². The minimum absolute atomic E-state index is 0.0171. The first kappa shape index (κ1) is 16.3. The van der Waals surface area contributed by atoms with Crippen LogP contribution in [0.25, 0.3) is 10.2 Å². The van der Waals surface area contributed by atoms with Crippen LogP contribution in [0.2, 0.25) is 0 Å². The average molecular weight is 348 g/mol. The van der Waals surface area contributed by atoms with Gasteiger partial charge in [-0.05, 0) is 30.2 Å². The second-order valence-electron chi connectivity index (χ2n) is 5.11. The van der Waals surface area contributed by atoms with E-state index in [1.807, 2.05) is 25.1 Å². The number of hydrogen-bond donors (Lipinski definition) is 1. The molecule has 0 aliphatic carbocycles. The van der Waals surface area contributed by atoms with Crippen molar-refractivity contribution in [3.8, 4) is 5.75 Å². The zero-order valence-corrected chi connectivity index (χ0v) is 13.6. The van der Waals surface area contributed by atoms with Gasteiger partial charge in [0, 0.05) is 0 Å². The summed E-state index contributed by atoms with van der Waals surface area (Å²) in [5.41, 5.74) is 6.22. The fourth-order valence-electron chi connectivity index (χ4n) is 2.41. The molecular formula is C17H14F2N2O2S. The van der Waals surface area contributed by atoms with E-state index in [2.05, 4.69) is 4.98 Å². The van der Waals surface area contributed by atoms with Crippen LogP contribution in [0.1, 0.15) is 27.9 Å². The van der Waals surface area contributed by atoms with E-state index in [0.29, 0.717) is 5.01 Å². The van der Waals surface area contributed by atoms with Gasteiger partial charge in [0.1, 0.15) is 23.0 Å². The smallest absolute Gasteiger partial charge is 0.254 e. The van der Waals surface area contributed by atoms with E-state index in [-0.39, 0.29) is 12.4 Å². The Balaban J connectivity index is 1.86. The molecule has 124 valence electrons. The molecule has 1 amide bonds. The van der Waals surface area contributed by atoms with Crippen LogP contribution in [0.5, 0.6) is 5.75 Å². The van der Waals surface area contributed by atoms with Crippen LogP contribution in [0, 0.1) is 11.6 Å². The second kappa shape index (κ2) is 6.52. The quantitative estimate of drug-likeness (QED) is 0.762. The van der Waals surface area contributed by atoms with Gasteiger partial charge in [-0.1, -0.05) is 19.1 Å². The molecule has 0 radical (unpaired) electrons. The van der Waals surface area contributed by atoms with Crippen molar-refractivity contribution in [1.29, 1.82) is 0 Å². The summed E-state index contributed by atoms with van der Waals surface area (Å²) in [5.74, 6) is -3.53. The Morgan fingerprint density at radius 2 is 2.08 bits per heavy atom. The molecule has 7 heteroatoms. The molecule has 0 saturated carbocycles. The predicted molar refractivity (Wildman–Crippen MR) is 88.2 cm³/mol. The molecule has 0 atom stereocenters. The molecule has 0 bridgehead atoms. The molecule has 1 aromatic heterocycles. The maximum Gasteiger partial charge on any atom is 0.254 e. The maximum atomic E-state index is 14.1. The standard InChI is InChI=1S/C17H14F2N2O2S/c1-2-9-4-3-5-12-16(9)21-13(24-12)8-23-11-7-6-10(18)14(15(11)19)17(20)22/h3-7H,2,8H2,1H3,(H2,20,22). The van der Waals surface area contributed by atoms with Crippen LogP contribution in [-0.4, -0.2) is 10.9 Å². The highest BCUT2D eigenvalue weighted by molar-refractivity contribution is 7.18. The number of halogens is 2. The number of hydrogen-bond acceptors (Lipinski definition) is 4.